The zero-order valence-corrected chi connectivity index (χ0v) is 8.61. The van der Waals surface area contributed by atoms with E-state index < -0.39 is 6.10 Å². The molecule has 0 rings (SSSR count). The van der Waals surface area contributed by atoms with Crippen LogP contribution in [0.1, 0.15) is 19.8 Å². The van der Waals surface area contributed by atoms with E-state index in [1.807, 2.05) is 6.92 Å². The van der Waals surface area contributed by atoms with Crippen LogP contribution in [-0.4, -0.2) is 16.3 Å². The average molecular weight is 259 g/mol. The zero-order valence-electron chi connectivity index (χ0n) is 5.44. The van der Waals surface area contributed by atoms with Gasteiger partial charge in [-0.05, 0) is 6.42 Å². The number of rotatable bonds is 4. The normalized spacial score (nSPS) is 17.3. The van der Waals surface area contributed by atoms with E-state index in [1.54, 1.807) is 0 Å². The Morgan fingerprint density at radius 2 is 2.11 bits per heavy atom. The van der Waals surface area contributed by atoms with E-state index in [1.165, 1.54) is 0 Å². The fourth-order valence-electron chi connectivity index (χ4n) is 0.565. The highest BCUT2D eigenvalue weighted by molar-refractivity contribution is 9.12. The second-order valence-corrected chi connectivity index (χ2v) is 3.82. The van der Waals surface area contributed by atoms with Crippen molar-refractivity contribution in [1.29, 1.82) is 0 Å². The molecule has 0 aromatic rings. The monoisotopic (exact) mass is 257 g/mol. The van der Waals surface area contributed by atoms with Crippen LogP contribution in [0.15, 0.2) is 0 Å². The third-order valence-electron chi connectivity index (χ3n) is 1.12. The highest BCUT2D eigenvalue weighted by atomic mass is 79.9. The molecule has 0 bridgehead atoms. The maximum atomic E-state index is 11.0. The molecular weight excluding hydrogens is 248 g/mol. The fraction of sp³-hybridized carbons (Fsp3) is 1.00. The molecule has 0 heterocycles. The average Bonchev–Trinajstić information content (AvgIpc) is 1.87. The second-order valence-electron chi connectivity index (χ2n) is 2.00. The summed E-state index contributed by atoms with van der Waals surface area (Å²) in [5.41, 5.74) is 0. The minimum Gasteiger partial charge on any atom is -0.232 e. The molecule has 0 aromatic heterocycles. The van der Waals surface area contributed by atoms with E-state index in [4.69, 9.17) is 0 Å². The van der Waals surface area contributed by atoms with Gasteiger partial charge in [0.25, 0.3) is 0 Å². The smallest absolute Gasteiger partial charge is 0.106 e. The molecule has 1 nitrogen and oxygen atoms in total. The molecule has 0 amide bonds. The molecule has 2 atom stereocenters. The van der Waals surface area contributed by atoms with Crippen LogP contribution in [0.4, 0.5) is 0 Å². The van der Waals surface area contributed by atoms with Crippen molar-refractivity contribution < 1.29 is 5.11 Å². The van der Waals surface area contributed by atoms with E-state index in [9.17, 15) is 5.11 Å². The lowest BCUT2D eigenvalue weighted by Gasteiger charge is -2.10. The maximum Gasteiger partial charge on any atom is 0.106 e. The third kappa shape index (κ3) is 4.34. The van der Waals surface area contributed by atoms with Gasteiger partial charge in [-0.2, -0.15) is 0 Å². The van der Waals surface area contributed by atoms with Gasteiger partial charge in [-0.25, -0.2) is 5.11 Å². The number of halogens is 2. The first kappa shape index (κ1) is 9.92. The van der Waals surface area contributed by atoms with Crippen molar-refractivity contribution >= 4 is 31.9 Å². The van der Waals surface area contributed by atoms with Crippen molar-refractivity contribution in [2.24, 2.45) is 0 Å². The Morgan fingerprint density at radius 3 is 2.44 bits per heavy atom. The van der Waals surface area contributed by atoms with Crippen molar-refractivity contribution in [1.82, 2.24) is 0 Å². The highest BCUT2D eigenvalue weighted by Gasteiger charge is 2.14. The Kier molecular flexibility index (Phi) is 6.27. The summed E-state index contributed by atoms with van der Waals surface area (Å²) in [6.07, 6.45) is 1.29. The molecule has 0 aliphatic heterocycles. The standard InChI is InChI=1S/C6H11Br2O/c1-2-3-6(9)5(8)4-7/h5-6H,2-4H2,1H3. The van der Waals surface area contributed by atoms with Crippen LogP contribution in [0.5, 0.6) is 0 Å². The Hall–Kier alpha value is 0.920. The number of alkyl halides is 2. The molecule has 0 saturated heterocycles. The molecule has 0 aliphatic carbocycles. The summed E-state index contributed by atoms with van der Waals surface area (Å²) in [5, 5.41) is 11.7. The minimum atomic E-state index is -0.450. The van der Waals surface area contributed by atoms with Crippen LogP contribution in [-0.2, 0) is 5.11 Å². The Balaban J connectivity index is 3.32. The molecule has 0 saturated carbocycles. The molecular formula is C6H11Br2O. The first-order valence-electron chi connectivity index (χ1n) is 3.08. The van der Waals surface area contributed by atoms with Crippen molar-refractivity contribution in [3.05, 3.63) is 0 Å². The Morgan fingerprint density at radius 1 is 1.56 bits per heavy atom. The van der Waals surface area contributed by atoms with Crippen molar-refractivity contribution in [2.75, 3.05) is 5.33 Å². The van der Waals surface area contributed by atoms with Gasteiger partial charge in [0.05, 0.1) is 4.83 Å². The summed E-state index contributed by atoms with van der Waals surface area (Å²) >= 11 is 6.52. The van der Waals surface area contributed by atoms with Crippen molar-refractivity contribution in [3.8, 4) is 0 Å². The van der Waals surface area contributed by atoms with Crippen LogP contribution < -0.4 is 0 Å². The molecule has 0 spiro atoms. The van der Waals surface area contributed by atoms with Gasteiger partial charge in [0.2, 0.25) is 0 Å². The van der Waals surface area contributed by atoms with Crippen molar-refractivity contribution in [2.45, 2.75) is 30.7 Å². The largest absolute Gasteiger partial charge is 0.232 e. The van der Waals surface area contributed by atoms with Crippen LogP contribution >= 0.6 is 31.9 Å². The predicted octanol–water partition coefficient (Wildman–Crippen LogP) is 2.74. The molecule has 1 radical (unpaired) electrons. The summed E-state index contributed by atoms with van der Waals surface area (Å²) < 4.78 is 0. The third-order valence-corrected chi connectivity index (χ3v) is 3.60. The van der Waals surface area contributed by atoms with Gasteiger partial charge >= 0.3 is 0 Å². The first-order chi connectivity index (χ1) is 4.22. The van der Waals surface area contributed by atoms with E-state index >= 15 is 0 Å². The van der Waals surface area contributed by atoms with Crippen LogP contribution in [0, 0.1) is 0 Å². The van der Waals surface area contributed by atoms with E-state index in [2.05, 4.69) is 31.9 Å². The quantitative estimate of drug-likeness (QED) is 0.692. The highest BCUT2D eigenvalue weighted by Crippen LogP contribution is 2.13. The molecule has 3 heteroatoms. The van der Waals surface area contributed by atoms with Gasteiger partial charge in [0, 0.05) is 5.33 Å². The fourth-order valence-corrected chi connectivity index (χ4v) is 1.25. The topological polar surface area (TPSA) is 19.9 Å². The van der Waals surface area contributed by atoms with Gasteiger partial charge in [-0.3, -0.25) is 0 Å². The van der Waals surface area contributed by atoms with Gasteiger partial charge in [-0.15, -0.1) is 0 Å². The van der Waals surface area contributed by atoms with Gasteiger partial charge in [0.15, 0.2) is 0 Å². The van der Waals surface area contributed by atoms with Gasteiger partial charge < -0.3 is 0 Å². The number of hydrogen-bond donors (Lipinski definition) is 0. The Bertz CT molecular complexity index is 68.1. The van der Waals surface area contributed by atoms with Gasteiger partial charge in [0.1, 0.15) is 6.10 Å². The minimum absolute atomic E-state index is 0.0949. The van der Waals surface area contributed by atoms with Gasteiger partial charge in [-0.1, -0.05) is 45.2 Å². The summed E-state index contributed by atoms with van der Waals surface area (Å²) in [4.78, 5) is 0.0949. The van der Waals surface area contributed by atoms with E-state index in [0.29, 0.717) is 0 Å². The second kappa shape index (κ2) is 5.69. The zero-order chi connectivity index (χ0) is 7.28. The molecule has 55 valence electrons. The lowest BCUT2D eigenvalue weighted by molar-refractivity contribution is 0.0847. The molecule has 9 heavy (non-hydrogen) atoms. The molecule has 0 aliphatic rings. The van der Waals surface area contributed by atoms with Crippen LogP contribution in [0.2, 0.25) is 0 Å². The number of hydrogen-bond acceptors (Lipinski definition) is 0. The Labute approximate surface area is 73.1 Å². The van der Waals surface area contributed by atoms with E-state index in [-0.39, 0.29) is 4.83 Å². The summed E-state index contributed by atoms with van der Waals surface area (Å²) in [6, 6.07) is 0. The van der Waals surface area contributed by atoms with Crippen LogP contribution in [0.3, 0.4) is 0 Å². The summed E-state index contributed by atoms with van der Waals surface area (Å²) in [6.45, 7) is 2.03. The molecule has 0 N–H and O–H groups in total. The first-order valence-corrected chi connectivity index (χ1v) is 5.12. The lowest BCUT2D eigenvalue weighted by Crippen LogP contribution is -2.19. The summed E-state index contributed by atoms with van der Waals surface area (Å²) in [5.74, 6) is 0. The maximum absolute atomic E-state index is 11.0. The molecule has 0 aromatic carbocycles. The lowest BCUT2D eigenvalue weighted by atomic mass is 10.2. The summed E-state index contributed by atoms with van der Waals surface area (Å²) in [7, 11) is 0. The molecule has 0 fully saturated rings. The van der Waals surface area contributed by atoms with Crippen LogP contribution in [0.25, 0.3) is 0 Å². The SMILES string of the molecule is CCCC([O])C(Br)CBr. The van der Waals surface area contributed by atoms with Crippen molar-refractivity contribution in [3.63, 3.8) is 0 Å². The predicted molar refractivity (Wildman–Crippen MR) is 45.9 cm³/mol. The molecule has 2 unspecified atom stereocenters. The van der Waals surface area contributed by atoms with E-state index in [0.717, 1.165) is 18.2 Å².